The molecule has 2 unspecified atom stereocenters. The molecule has 2 atom stereocenters. The molecule has 3 aliphatic rings. The Hall–Kier alpha value is -0.570. The second-order valence-corrected chi connectivity index (χ2v) is 5.37. The summed E-state index contributed by atoms with van der Waals surface area (Å²) < 4.78 is 0. The van der Waals surface area contributed by atoms with Gasteiger partial charge in [0.15, 0.2) is 0 Å². The van der Waals surface area contributed by atoms with E-state index in [1.165, 1.54) is 38.8 Å². The van der Waals surface area contributed by atoms with E-state index in [9.17, 15) is 4.79 Å². The average Bonchev–Trinajstić information content (AvgIpc) is 2.98. The maximum atomic E-state index is 11.7. The fourth-order valence-corrected chi connectivity index (χ4v) is 3.07. The topological polar surface area (TPSA) is 32.3 Å². The molecule has 2 heterocycles. The molecule has 3 heteroatoms. The number of hydrogen-bond donors (Lipinski definition) is 1. The van der Waals surface area contributed by atoms with Crippen molar-refractivity contribution in [3.63, 3.8) is 0 Å². The lowest BCUT2D eigenvalue weighted by atomic mass is 9.94. The predicted molar refractivity (Wildman–Crippen MR) is 58.4 cm³/mol. The summed E-state index contributed by atoms with van der Waals surface area (Å²) in [7, 11) is 0. The van der Waals surface area contributed by atoms with Gasteiger partial charge in [-0.15, -0.1) is 0 Å². The van der Waals surface area contributed by atoms with Crippen molar-refractivity contribution >= 4 is 5.91 Å². The van der Waals surface area contributed by atoms with E-state index < -0.39 is 0 Å². The summed E-state index contributed by atoms with van der Waals surface area (Å²) in [6.45, 7) is 4.43. The monoisotopic (exact) mass is 208 g/mol. The highest BCUT2D eigenvalue weighted by atomic mass is 16.2. The molecule has 15 heavy (non-hydrogen) atoms. The molecular formula is C12H20N2O. The summed E-state index contributed by atoms with van der Waals surface area (Å²) in [6, 6.07) is 0. The smallest absolute Gasteiger partial charge is 0.226 e. The van der Waals surface area contributed by atoms with Crippen LogP contribution >= 0.6 is 0 Å². The molecule has 0 spiro atoms. The first-order valence-electron chi connectivity index (χ1n) is 6.34. The fraction of sp³-hybridized carbons (Fsp3) is 0.917. The number of rotatable bonds is 3. The van der Waals surface area contributed by atoms with Gasteiger partial charge in [0, 0.05) is 19.0 Å². The van der Waals surface area contributed by atoms with E-state index in [0.29, 0.717) is 11.8 Å². The van der Waals surface area contributed by atoms with Crippen LogP contribution in [0, 0.1) is 17.8 Å². The Labute approximate surface area is 91.2 Å². The molecule has 1 amide bonds. The van der Waals surface area contributed by atoms with Gasteiger partial charge in [-0.3, -0.25) is 4.79 Å². The van der Waals surface area contributed by atoms with Gasteiger partial charge in [0.1, 0.15) is 0 Å². The zero-order valence-corrected chi connectivity index (χ0v) is 9.24. The summed E-state index contributed by atoms with van der Waals surface area (Å²) in [5.41, 5.74) is 0. The minimum atomic E-state index is 0.443. The third-order valence-corrected chi connectivity index (χ3v) is 4.27. The quantitative estimate of drug-likeness (QED) is 0.746. The van der Waals surface area contributed by atoms with Gasteiger partial charge < -0.3 is 10.2 Å². The summed E-state index contributed by atoms with van der Waals surface area (Å²) in [5, 5.41) is 3.39. The van der Waals surface area contributed by atoms with Crippen molar-refractivity contribution in [3.8, 4) is 0 Å². The summed E-state index contributed by atoms with van der Waals surface area (Å²) in [4.78, 5) is 13.8. The molecule has 3 fully saturated rings. The lowest BCUT2D eigenvalue weighted by Crippen LogP contribution is -2.33. The summed E-state index contributed by atoms with van der Waals surface area (Å²) in [6.07, 6.45) is 5.01. The van der Waals surface area contributed by atoms with E-state index in [1.54, 1.807) is 0 Å². The molecule has 0 aromatic rings. The van der Waals surface area contributed by atoms with Gasteiger partial charge in [-0.2, -0.15) is 0 Å². The van der Waals surface area contributed by atoms with Crippen LogP contribution in [0.15, 0.2) is 0 Å². The molecule has 2 saturated heterocycles. The number of fused-ring (bicyclic) bond motifs is 1. The molecule has 2 aliphatic heterocycles. The molecule has 3 rings (SSSR count). The van der Waals surface area contributed by atoms with E-state index in [-0.39, 0.29) is 0 Å². The molecule has 3 nitrogen and oxygen atoms in total. The minimum Gasteiger partial charge on any atom is -0.342 e. The van der Waals surface area contributed by atoms with Crippen LogP contribution in [-0.4, -0.2) is 37.0 Å². The van der Waals surface area contributed by atoms with E-state index >= 15 is 0 Å². The van der Waals surface area contributed by atoms with Gasteiger partial charge in [0.05, 0.1) is 0 Å². The highest BCUT2D eigenvalue weighted by Gasteiger charge is 2.51. The molecule has 0 aromatic heterocycles. The highest BCUT2D eigenvalue weighted by molar-refractivity contribution is 5.84. The van der Waals surface area contributed by atoms with Crippen LogP contribution in [0.5, 0.6) is 0 Å². The second kappa shape index (κ2) is 3.78. The molecule has 0 aromatic carbocycles. The van der Waals surface area contributed by atoms with Crippen molar-refractivity contribution in [1.82, 2.24) is 10.2 Å². The Morgan fingerprint density at radius 3 is 2.80 bits per heavy atom. The van der Waals surface area contributed by atoms with Crippen molar-refractivity contribution in [3.05, 3.63) is 0 Å². The van der Waals surface area contributed by atoms with Gasteiger partial charge in [-0.25, -0.2) is 0 Å². The predicted octanol–water partition coefficient (Wildman–Crippen LogP) is 0.854. The molecule has 1 aliphatic carbocycles. The fourth-order valence-electron chi connectivity index (χ4n) is 3.07. The summed E-state index contributed by atoms with van der Waals surface area (Å²) in [5.74, 6) is 2.49. The number of piperidine rings is 2. The third-order valence-electron chi connectivity index (χ3n) is 4.27. The maximum Gasteiger partial charge on any atom is 0.226 e. The normalized spacial score (nSPS) is 35.7. The molecule has 1 saturated carbocycles. The van der Waals surface area contributed by atoms with Crippen LogP contribution in [0.4, 0.5) is 0 Å². The first kappa shape index (κ1) is 9.64. The van der Waals surface area contributed by atoms with E-state index in [4.69, 9.17) is 0 Å². The lowest BCUT2D eigenvalue weighted by molar-refractivity contribution is -0.130. The number of likely N-dealkylation sites (tertiary alicyclic amines) is 1. The van der Waals surface area contributed by atoms with Gasteiger partial charge in [0.25, 0.3) is 0 Å². The number of amides is 1. The van der Waals surface area contributed by atoms with Crippen molar-refractivity contribution < 1.29 is 4.79 Å². The van der Waals surface area contributed by atoms with Crippen LogP contribution in [0.2, 0.25) is 0 Å². The maximum absolute atomic E-state index is 11.7. The Morgan fingerprint density at radius 2 is 2.13 bits per heavy atom. The lowest BCUT2D eigenvalue weighted by Gasteiger charge is -2.25. The Kier molecular flexibility index (Phi) is 2.43. The zero-order chi connectivity index (χ0) is 10.3. The Morgan fingerprint density at radius 1 is 1.33 bits per heavy atom. The van der Waals surface area contributed by atoms with E-state index in [1.807, 2.05) is 0 Å². The number of nitrogens with zero attached hydrogens (tertiary/aromatic N) is 1. The van der Waals surface area contributed by atoms with Gasteiger partial charge >= 0.3 is 0 Å². The number of carbonyl (C=O) groups is 1. The first-order chi connectivity index (χ1) is 7.34. The van der Waals surface area contributed by atoms with Gasteiger partial charge in [0.2, 0.25) is 5.91 Å². The number of carbonyl (C=O) groups excluding carboxylic acids is 1. The zero-order valence-electron chi connectivity index (χ0n) is 9.24. The SMILES string of the molecule is O=C1C2CC2CN1CCC1CCNCC1. The van der Waals surface area contributed by atoms with Gasteiger partial charge in [-0.1, -0.05) is 0 Å². The number of hydrogen-bond acceptors (Lipinski definition) is 2. The van der Waals surface area contributed by atoms with Crippen molar-refractivity contribution in [2.24, 2.45) is 17.8 Å². The second-order valence-electron chi connectivity index (χ2n) is 5.37. The van der Waals surface area contributed by atoms with Crippen LogP contribution < -0.4 is 5.32 Å². The van der Waals surface area contributed by atoms with Crippen LogP contribution in [-0.2, 0) is 4.79 Å². The van der Waals surface area contributed by atoms with Gasteiger partial charge in [-0.05, 0) is 50.6 Å². The molecular weight excluding hydrogens is 188 g/mol. The van der Waals surface area contributed by atoms with Crippen LogP contribution in [0.3, 0.4) is 0 Å². The third kappa shape index (κ3) is 1.89. The first-order valence-corrected chi connectivity index (χ1v) is 6.34. The number of nitrogens with one attached hydrogen (secondary N) is 1. The largest absolute Gasteiger partial charge is 0.342 e. The Balaban J connectivity index is 1.43. The molecule has 0 radical (unpaired) electrons. The molecule has 0 bridgehead atoms. The van der Waals surface area contributed by atoms with Crippen LogP contribution in [0.25, 0.3) is 0 Å². The van der Waals surface area contributed by atoms with Crippen LogP contribution in [0.1, 0.15) is 25.7 Å². The molecule has 84 valence electrons. The Bertz CT molecular complexity index is 260. The van der Waals surface area contributed by atoms with E-state index in [2.05, 4.69) is 10.2 Å². The standard InChI is InChI=1S/C12H20N2O/c15-12-11-7-10(11)8-14(12)6-3-9-1-4-13-5-2-9/h9-11,13H,1-8H2. The van der Waals surface area contributed by atoms with Crippen molar-refractivity contribution in [2.45, 2.75) is 25.7 Å². The minimum absolute atomic E-state index is 0.443. The summed E-state index contributed by atoms with van der Waals surface area (Å²) >= 11 is 0. The highest BCUT2D eigenvalue weighted by Crippen LogP contribution is 2.45. The van der Waals surface area contributed by atoms with Crippen molar-refractivity contribution in [1.29, 1.82) is 0 Å². The average molecular weight is 208 g/mol. The van der Waals surface area contributed by atoms with Crippen molar-refractivity contribution in [2.75, 3.05) is 26.2 Å². The van der Waals surface area contributed by atoms with E-state index in [0.717, 1.165) is 24.9 Å². The molecule has 1 N–H and O–H groups in total.